The van der Waals surface area contributed by atoms with Gasteiger partial charge >= 0.3 is 5.97 Å². The molecule has 0 bridgehead atoms. The maximum Gasteiger partial charge on any atom is 0.337 e. The van der Waals surface area contributed by atoms with Crippen LogP contribution in [0.5, 0.6) is 0 Å². The third-order valence-electron chi connectivity index (χ3n) is 2.86. The van der Waals surface area contributed by atoms with Crippen LogP contribution >= 0.6 is 11.6 Å². The van der Waals surface area contributed by atoms with Crippen LogP contribution < -0.4 is 4.90 Å². The lowest BCUT2D eigenvalue weighted by molar-refractivity contribution is 0.0696. The van der Waals surface area contributed by atoms with E-state index in [0.717, 1.165) is 11.3 Å². The number of para-hydroxylation sites is 1. The number of benzene rings is 1. The van der Waals surface area contributed by atoms with Gasteiger partial charge in [-0.3, -0.25) is 0 Å². The maximum absolute atomic E-state index is 10.8. The van der Waals surface area contributed by atoms with Crippen molar-refractivity contribution in [1.82, 2.24) is 4.98 Å². The predicted octanol–water partition coefficient (Wildman–Crippen LogP) is 3.51. The molecule has 0 amide bonds. The largest absolute Gasteiger partial charge is 0.478 e. The molecule has 0 radical (unpaired) electrons. The van der Waals surface area contributed by atoms with E-state index in [2.05, 4.69) is 4.98 Å². The molecular formula is C14H13ClN2O2. The fourth-order valence-electron chi connectivity index (χ4n) is 1.85. The third-order valence-corrected chi connectivity index (χ3v) is 3.14. The average Bonchev–Trinajstić information content (AvgIpc) is 2.38. The number of pyridine rings is 1. The summed E-state index contributed by atoms with van der Waals surface area (Å²) in [5.41, 5.74) is 2.14. The Kier molecular flexibility index (Phi) is 3.71. The molecule has 4 nitrogen and oxygen atoms in total. The zero-order valence-corrected chi connectivity index (χ0v) is 11.3. The number of aromatic carboxylic acids is 1. The highest BCUT2D eigenvalue weighted by molar-refractivity contribution is 6.33. The molecule has 0 saturated carbocycles. The summed E-state index contributed by atoms with van der Waals surface area (Å²) in [6.07, 6.45) is 1.30. The first-order chi connectivity index (χ1) is 9.00. The minimum atomic E-state index is -1.04. The number of halogens is 1. The number of hydrogen-bond donors (Lipinski definition) is 1. The van der Waals surface area contributed by atoms with Crippen LogP contribution in [0, 0.1) is 6.92 Å². The Morgan fingerprint density at radius 1 is 1.37 bits per heavy atom. The quantitative estimate of drug-likeness (QED) is 0.932. The number of anilines is 2. The van der Waals surface area contributed by atoms with Crippen molar-refractivity contribution in [3.05, 3.63) is 52.7 Å². The van der Waals surface area contributed by atoms with Gasteiger partial charge in [-0.25, -0.2) is 9.78 Å². The molecule has 1 N–H and O–H groups in total. The molecule has 1 heterocycles. The van der Waals surface area contributed by atoms with Gasteiger partial charge in [-0.15, -0.1) is 0 Å². The topological polar surface area (TPSA) is 53.4 Å². The first kappa shape index (κ1) is 13.4. The molecule has 19 heavy (non-hydrogen) atoms. The second-order valence-corrected chi connectivity index (χ2v) is 4.59. The lowest BCUT2D eigenvalue weighted by atomic mass is 10.2. The molecule has 0 saturated heterocycles. The normalized spacial score (nSPS) is 10.3. The molecule has 0 aliphatic carbocycles. The van der Waals surface area contributed by atoms with E-state index in [9.17, 15) is 4.79 Å². The fraction of sp³-hybridized carbons (Fsp3) is 0.143. The Morgan fingerprint density at radius 2 is 2.05 bits per heavy atom. The standard InChI is InChI=1S/C14H13ClN2O2/c1-9-5-3-4-6-12(9)17(2)13-11(15)7-10(8-16-13)14(18)19/h3-8H,1-2H3,(H,18,19). The minimum Gasteiger partial charge on any atom is -0.478 e. The van der Waals surface area contributed by atoms with Crippen molar-refractivity contribution in [2.45, 2.75) is 6.92 Å². The number of aryl methyl sites for hydroxylation is 1. The summed E-state index contributed by atoms with van der Waals surface area (Å²) in [6.45, 7) is 1.99. The van der Waals surface area contributed by atoms with E-state index < -0.39 is 5.97 Å². The lowest BCUT2D eigenvalue weighted by Crippen LogP contribution is -2.13. The van der Waals surface area contributed by atoms with Gasteiger partial charge in [0.05, 0.1) is 10.6 Å². The summed E-state index contributed by atoms with van der Waals surface area (Å²) in [7, 11) is 1.84. The Labute approximate surface area is 116 Å². The van der Waals surface area contributed by atoms with Gasteiger partial charge in [0.25, 0.3) is 0 Å². The predicted molar refractivity (Wildman–Crippen MR) is 75.4 cm³/mol. The first-order valence-electron chi connectivity index (χ1n) is 5.69. The van der Waals surface area contributed by atoms with E-state index in [0.29, 0.717) is 10.8 Å². The van der Waals surface area contributed by atoms with Gasteiger partial charge in [-0.05, 0) is 24.6 Å². The second kappa shape index (κ2) is 5.28. The number of aromatic nitrogens is 1. The Hall–Kier alpha value is -2.07. The highest BCUT2D eigenvalue weighted by Crippen LogP contribution is 2.30. The van der Waals surface area contributed by atoms with Crippen molar-refractivity contribution in [3.63, 3.8) is 0 Å². The molecule has 1 aromatic carbocycles. The van der Waals surface area contributed by atoms with Crippen LogP contribution in [0.3, 0.4) is 0 Å². The van der Waals surface area contributed by atoms with Crippen LogP contribution in [-0.2, 0) is 0 Å². The molecule has 0 aliphatic rings. The Bertz CT molecular complexity index is 629. The van der Waals surface area contributed by atoms with Crippen molar-refractivity contribution >= 4 is 29.1 Å². The van der Waals surface area contributed by atoms with Crippen molar-refractivity contribution in [2.24, 2.45) is 0 Å². The summed E-state index contributed by atoms with van der Waals surface area (Å²) in [5.74, 6) is -0.513. The summed E-state index contributed by atoms with van der Waals surface area (Å²) in [5, 5.41) is 9.20. The number of hydrogen-bond acceptors (Lipinski definition) is 3. The molecule has 0 fully saturated rings. The minimum absolute atomic E-state index is 0.0759. The number of carboxylic acids is 1. The second-order valence-electron chi connectivity index (χ2n) is 4.18. The van der Waals surface area contributed by atoms with Gasteiger partial charge in [-0.1, -0.05) is 29.8 Å². The van der Waals surface area contributed by atoms with Gasteiger partial charge in [0.1, 0.15) is 0 Å². The van der Waals surface area contributed by atoms with Crippen LogP contribution in [0.1, 0.15) is 15.9 Å². The summed E-state index contributed by atoms with van der Waals surface area (Å²) < 4.78 is 0. The van der Waals surface area contributed by atoms with Crippen LogP contribution in [0.15, 0.2) is 36.5 Å². The number of carbonyl (C=O) groups is 1. The van der Waals surface area contributed by atoms with Crippen LogP contribution in [0.2, 0.25) is 5.02 Å². The van der Waals surface area contributed by atoms with Crippen molar-refractivity contribution in [2.75, 3.05) is 11.9 Å². The first-order valence-corrected chi connectivity index (χ1v) is 6.06. The number of rotatable bonds is 3. The van der Waals surface area contributed by atoms with E-state index in [1.165, 1.54) is 12.3 Å². The number of nitrogens with zero attached hydrogens (tertiary/aromatic N) is 2. The van der Waals surface area contributed by atoms with Crippen molar-refractivity contribution in [1.29, 1.82) is 0 Å². The van der Waals surface area contributed by atoms with Gasteiger partial charge in [0, 0.05) is 18.9 Å². The molecule has 0 spiro atoms. The van der Waals surface area contributed by atoms with E-state index in [-0.39, 0.29) is 5.56 Å². The fourth-order valence-corrected chi connectivity index (χ4v) is 2.14. The number of carboxylic acid groups (broad SMARTS) is 1. The lowest BCUT2D eigenvalue weighted by Gasteiger charge is -2.21. The monoisotopic (exact) mass is 276 g/mol. The molecule has 2 rings (SSSR count). The van der Waals surface area contributed by atoms with Crippen LogP contribution in [0.4, 0.5) is 11.5 Å². The molecule has 0 aliphatic heterocycles. The van der Waals surface area contributed by atoms with Gasteiger partial charge in [0.2, 0.25) is 0 Å². The summed E-state index contributed by atoms with van der Waals surface area (Å²) in [6, 6.07) is 9.23. The molecule has 98 valence electrons. The van der Waals surface area contributed by atoms with E-state index in [4.69, 9.17) is 16.7 Å². The molecule has 2 aromatic rings. The van der Waals surface area contributed by atoms with Crippen LogP contribution in [0.25, 0.3) is 0 Å². The maximum atomic E-state index is 10.8. The van der Waals surface area contributed by atoms with E-state index in [1.807, 2.05) is 43.1 Å². The van der Waals surface area contributed by atoms with E-state index >= 15 is 0 Å². The molecule has 0 unspecified atom stereocenters. The third kappa shape index (κ3) is 2.69. The molecular weight excluding hydrogens is 264 g/mol. The van der Waals surface area contributed by atoms with Gasteiger partial charge < -0.3 is 10.0 Å². The zero-order chi connectivity index (χ0) is 14.0. The van der Waals surface area contributed by atoms with Gasteiger partial charge in [0.15, 0.2) is 5.82 Å². The Morgan fingerprint density at radius 3 is 2.63 bits per heavy atom. The molecule has 0 atom stereocenters. The Balaban J connectivity index is 2.42. The molecule has 5 heteroatoms. The summed E-state index contributed by atoms with van der Waals surface area (Å²) >= 11 is 6.10. The average molecular weight is 277 g/mol. The van der Waals surface area contributed by atoms with Gasteiger partial charge in [-0.2, -0.15) is 0 Å². The highest BCUT2D eigenvalue weighted by Gasteiger charge is 2.14. The van der Waals surface area contributed by atoms with Crippen molar-refractivity contribution < 1.29 is 9.90 Å². The zero-order valence-electron chi connectivity index (χ0n) is 10.6. The summed E-state index contributed by atoms with van der Waals surface area (Å²) in [4.78, 5) is 16.8. The van der Waals surface area contributed by atoms with Crippen molar-refractivity contribution in [3.8, 4) is 0 Å². The highest BCUT2D eigenvalue weighted by atomic mass is 35.5. The molecule has 1 aromatic heterocycles. The smallest absolute Gasteiger partial charge is 0.337 e. The van der Waals surface area contributed by atoms with E-state index in [1.54, 1.807) is 0 Å². The van der Waals surface area contributed by atoms with Crippen LogP contribution in [-0.4, -0.2) is 23.1 Å². The SMILES string of the molecule is Cc1ccccc1N(C)c1ncc(C(=O)O)cc1Cl.